The van der Waals surface area contributed by atoms with Gasteiger partial charge in [-0.05, 0) is 86.6 Å². The van der Waals surface area contributed by atoms with Crippen molar-refractivity contribution in [2.45, 2.75) is 58.9 Å². The predicted octanol–water partition coefficient (Wildman–Crippen LogP) is 7.71. The first kappa shape index (κ1) is 28.4. The number of unbranched alkanes of at least 4 members (excludes halogenated alkanes) is 3. The zero-order valence-electron chi connectivity index (χ0n) is 23.0. The van der Waals surface area contributed by atoms with E-state index in [4.69, 9.17) is 21.3 Å². The number of hydrogen-bond acceptors (Lipinski definition) is 3. The Hall–Kier alpha value is -3.57. The third-order valence-corrected chi connectivity index (χ3v) is 7.39. The van der Waals surface area contributed by atoms with E-state index in [1.807, 2.05) is 68.5 Å². The van der Waals surface area contributed by atoms with Crippen LogP contribution in [0.1, 0.15) is 54.6 Å². The molecule has 0 saturated carbocycles. The summed E-state index contributed by atoms with van der Waals surface area (Å²) in [5.74, 6) is 1.97. The number of aromatic nitrogens is 2. The van der Waals surface area contributed by atoms with Crippen LogP contribution in [0, 0.1) is 13.8 Å². The van der Waals surface area contributed by atoms with E-state index in [2.05, 4.69) is 28.1 Å². The number of carbonyl (C=O) groups excluding carboxylic acids is 1. The van der Waals surface area contributed by atoms with Gasteiger partial charge in [-0.15, -0.1) is 0 Å². The van der Waals surface area contributed by atoms with Crippen molar-refractivity contribution >= 4 is 34.6 Å². The van der Waals surface area contributed by atoms with Gasteiger partial charge in [-0.25, -0.2) is 4.98 Å². The van der Waals surface area contributed by atoms with Crippen LogP contribution in [0.15, 0.2) is 72.8 Å². The molecule has 1 N–H and O–H groups in total. The SMILES string of the molecule is Cc1cc(OCCCCn2c(CCCCCNC(=O)/C=C/c3ccccc3)nc3ccccc32)cc(C)c1Cl. The highest BCUT2D eigenvalue weighted by Gasteiger charge is 2.10. The number of benzene rings is 3. The molecule has 6 heteroatoms. The Bertz CT molecular complexity index is 1370. The van der Waals surface area contributed by atoms with Crippen molar-refractivity contribution in [3.05, 3.63) is 100 Å². The van der Waals surface area contributed by atoms with Crippen molar-refractivity contribution in [2.75, 3.05) is 13.2 Å². The number of halogens is 1. The summed E-state index contributed by atoms with van der Waals surface area (Å²) in [6.07, 6.45) is 9.37. The lowest BCUT2D eigenvalue weighted by molar-refractivity contribution is -0.116. The van der Waals surface area contributed by atoms with Gasteiger partial charge in [-0.3, -0.25) is 4.79 Å². The number of nitrogens with one attached hydrogen (secondary N) is 1. The average Bonchev–Trinajstić information content (AvgIpc) is 3.30. The van der Waals surface area contributed by atoms with Gasteiger partial charge in [0.15, 0.2) is 0 Å². The molecule has 0 atom stereocenters. The summed E-state index contributed by atoms with van der Waals surface area (Å²) >= 11 is 6.27. The number of nitrogens with zero attached hydrogens (tertiary/aromatic N) is 2. The standard InChI is InChI=1S/C33H38ClN3O2/c1-25-23-28(24-26(2)33(25)34)39-22-12-11-21-37-30-16-9-8-15-29(30)36-31(37)17-7-4-10-20-35-32(38)19-18-27-13-5-3-6-14-27/h3,5-6,8-9,13-16,18-19,23-24H,4,7,10-12,17,20-22H2,1-2H3,(H,35,38)/b19-18+. The molecule has 4 rings (SSSR count). The molecule has 0 fully saturated rings. The number of aryl methyl sites for hydroxylation is 4. The van der Waals surface area contributed by atoms with E-state index in [1.54, 1.807) is 6.08 Å². The molecule has 0 spiro atoms. The molecule has 39 heavy (non-hydrogen) atoms. The fourth-order valence-electron chi connectivity index (χ4n) is 4.71. The zero-order valence-corrected chi connectivity index (χ0v) is 23.7. The minimum atomic E-state index is -0.0500. The van der Waals surface area contributed by atoms with Gasteiger partial charge < -0.3 is 14.6 Å². The van der Waals surface area contributed by atoms with E-state index in [-0.39, 0.29) is 5.91 Å². The van der Waals surface area contributed by atoms with Crippen LogP contribution in [-0.4, -0.2) is 28.6 Å². The molecular weight excluding hydrogens is 506 g/mol. The van der Waals surface area contributed by atoms with Gasteiger partial charge in [0, 0.05) is 30.6 Å². The minimum absolute atomic E-state index is 0.0500. The normalized spacial score (nSPS) is 11.4. The first-order valence-electron chi connectivity index (χ1n) is 13.9. The van der Waals surface area contributed by atoms with Gasteiger partial charge in [0.05, 0.1) is 17.6 Å². The highest BCUT2D eigenvalue weighted by molar-refractivity contribution is 6.32. The third kappa shape index (κ3) is 8.46. The van der Waals surface area contributed by atoms with Crippen LogP contribution in [0.25, 0.3) is 17.1 Å². The summed E-state index contributed by atoms with van der Waals surface area (Å²) in [6.45, 7) is 6.29. The number of fused-ring (bicyclic) bond motifs is 1. The number of para-hydroxylation sites is 2. The molecule has 5 nitrogen and oxygen atoms in total. The van der Waals surface area contributed by atoms with Crippen LogP contribution in [0.2, 0.25) is 5.02 Å². The highest BCUT2D eigenvalue weighted by Crippen LogP contribution is 2.26. The Kier molecular flexibility index (Phi) is 10.6. The van der Waals surface area contributed by atoms with Crippen molar-refractivity contribution in [3.8, 4) is 5.75 Å². The van der Waals surface area contributed by atoms with E-state index in [9.17, 15) is 4.79 Å². The molecule has 0 bridgehead atoms. The van der Waals surface area contributed by atoms with Crippen molar-refractivity contribution in [1.82, 2.24) is 14.9 Å². The molecule has 0 aliphatic rings. The molecule has 3 aromatic carbocycles. The maximum Gasteiger partial charge on any atom is 0.243 e. The predicted molar refractivity (Wildman–Crippen MR) is 161 cm³/mol. The second-order valence-electron chi connectivity index (χ2n) is 9.94. The van der Waals surface area contributed by atoms with E-state index in [0.29, 0.717) is 13.2 Å². The Morgan fingerprint density at radius 1 is 0.949 bits per heavy atom. The summed E-state index contributed by atoms with van der Waals surface area (Å²) in [6, 6.07) is 22.2. The van der Waals surface area contributed by atoms with Crippen LogP contribution in [0.3, 0.4) is 0 Å². The summed E-state index contributed by atoms with van der Waals surface area (Å²) in [5, 5.41) is 3.79. The fourth-order valence-corrected chi connectivity index (χ4v) is 4.82. The zero-order chi connectivity index (χ0) is 27.5. The summed E-state index contributed by atoms with van der Waals surface area (Å²) in [5.41, 5.74) is 5.35. The number of imidazole rings is 1. The third-order valence-electron chi connectivity index (χ3n) is 6.79. The van der Waals surface area contributed by atoms with Crippen LogP contribution in [0.4, 0.5) is 0 Å². The molecule has 0 aliphatic heterocycles. The van der Waals surface area contributed by atoms with Gasteiger partial charge in [0.2, 0.25) is 5.91 Å². The van der Waals surface area contributed by atoms with E-state index < -0.39 is 0 Å². The summed E-state index contributed by atoms with van der Waals surface area (Å²) < 4.78 is 8.36. The number of ether oxygens (including phenoxy) is 1. The lowest BCUT2D eigenvalue weighted by Gasteiger charge is -2.12. The van der Waals surface area contributed by atoms with Crippen LogP contribution in [0.5, 0.6) is 5.75 Å². The number of hydrogen-bond donors (Lipinski definition) is 1. The molecule has 0 unspecified atom stereocenters. The highest BCUT2D eigenvalue weighted by atomic mass is 35.5. The number of amides is 1. The largest absolute Gasteiger partial charge is 0.494 e. The second-order valence-corrected chi connectivity index (χ2v) is 10.3. The topological polar surface area (TPSA) is 56.1 Å². The number of carbonyl (C=O) groups is 1. The Morgan fingerprint density at radius 2 is 1.69 bits per heavy atom. The lowest BCUT2D eigenvalue weighted by Crippen LogP contribution is -2.22. The molecule has 0 aliphatic carbocycles. The van der Waals surface area contributed by atoms with E-state index in [1.165, 1.54) is 5.52 Å². The molecule has 204 valence electrons. The van der Waals surface area contributed by atoms with E-state index in [0.717, 1.165) is 83.9 Å². The first-order chi connectivity index (χ1) is 19.0. The van der Waals surface area contributed by atoms with Crippen LogP contribution >= 0.6 is 11.6 Å². The first-order valence-corrected chi connectivity index (χ1v) is 14.2. The van der Waals surface area contributed by atoms with Crippen molar-refractivity contribution < 1.29 is 9.53 Å². The molecule has 0 radical (unpaired) electrons. The van der Waals surface area contributed by atoms with Crippen LogP contribution < -0.4 is 10.1 Å². The molecule has 1 amide bonds. The van der Waals surface area contributed by atoms with Gasteiger partial charge >= 0.3 is 0 Å². The summed E-state index contributed by atoms with van der Waals surface area (Å²) in [7, 11) is 0. The van der Waals surface area contributed by atoms with Crippen LogP contribution in [-0.2, 0) is 17.8 Å². The average molecular weight is 544 g/mol. The van der Waals surface area contributed by atoms with Gasteiger partial charge in [0.25, 0.3) is 0 Å². The molecule has 0 saturated heterocycles. The maximum atomic E-state index is 12.1. The molecule has 1 aromatic heterocycles. The smallest absolute Gasteiger partial charge is 0.243 e. The van der Waals surface area contributed by atoms with Gasteiger partial charge in [-0.1, -0.05) is 60.5 Å². The van der Waals surface area contributed by atoms with Gasteiger partial charge in [-0.2, -0.15) is 0 Å². The van der Waals surface area contributed by atoms with Gasteiger partial charge in [0.1, 0.15) is 11.6 Å². The minimum Gasteiger partial charge on any atom is -0.494 e. The Labute approximate surface area is 236 Å². The molecule has 4 aromatic rings. The molecule has 1 heterocycles. The quantitative estimate of drug-likeness (QED) is 0.131. The van der Waals surface area contributed by atoms with Crippen molar-refractivity contribution in [3.63, 3.8) is 0 Å². The maximum absolute atomic E-state index is 12.1. The Morgan fingerprint density at radius 3 is 2.49 bits per heavy atom. The molecular formula is C33H38ClN3O2. The van der Waals surface area contributed by atoms with Crippen molar-refractivity contribution in [2.24, 2.45) is 0 Å². The Balaban J connectivity index is 1.20. The lowest BCUT2D eigenvalue weighted by atomic mass is 10.1. The summed E-state index contributed by atoms with van der Waals surface area (Å²) in [4.78, 5) is 17.0. The fraction of sp³-hybridized carbons (Fsp3) is 0.333. The van der Waals surface area contributed by atoms with Crippen molar-refractivity contribution in [1.29, 1.82) is 0 Å². The monoisotopic (exact) mass is 543 g/mol. The second kappa shape index (κ2) is 14.5. The number of rotatable bonds is 14. The van der Waals surface area contributed by atoms with E-state index >= 15 is 0 Å².